The van der Waals surface area contributed by atoms with E-state index in [2.05, 4.69) is 20.5 Å². The van der Waals surface area contributed by atoms with Crippen LogP contribution in [0.25, 0.3) is 0 Å². The molecule has 0 aromatic carbocycles. The van der Waals surface area contributed by atoms with Crippen LogP contribution in [0.4, 0.5) is 5.95 Å². The van der Waals surface area contributed by atoms with Crippen LogP contribution in [-0.4, -0.2) is 33.4 Å². The molecular weight excluding hydrogens is 192 g/mol. The van der Waals surface area contributed by atoms with E-state index in [9.17, 15) is 0 Å². The molecule has 0 spiro atoms. The average molecular weight is 210 g/mol. The molecule has 0 radical (unpaired) electrons. The smallest absolute Gasteiger partial charge is 0.242 e. The number of aliphatic hydroxyl groups is 1. The van der Waals surface area contributed by atoms with Gasteiger partial charge in [-0.25, -0.2) is 4.98 Å². The van der Waals surface area contributed by atoms with Crippen LogP contribution < -0.4 is 5.32 Å². The lowest BCUT2D eigenvalue weighted by atomic mass is 9.95. The predicted octanol–water partition coefficient (Wildman–Crippen LogP) is 0.919. The van der Waals surface area contributed by atoms with Gasteiger partial charge in [-0.15, -0.1) is 5.10 Å². The van der Waals surface area contributed by atoms with Crippen molar-refractivity contribution in [3.63, 3.8) is 0 Å². The molecule has 5 nitrogen and oxygen atoms in total. The van der Waals surface area contributed by atoms with Crippen molar-refractivity contribution in [3.05, 3.63) is 11.4 Å². The molecule has 5 heteroatoms. The minimum absolute atomic E-state index is 0.123. The van der Waals surface area contributed by atoms with Gasteiger partial charge in [-0.1, -0.05) is 13.8 Å². The lowest BCUT2D eigenvalue weighted by Crippen LogP contribution is -2.27. The van der Waals surface area contributed by atoms with Gasteiger partial charge < -0.3 is 10.4 Å². The molecule has 0 saturated heterocycles. The molecule has 1 rings (SSSR count). The van der Waals surface area contributed by atoms with Gasteiger partial charge >= 0.3 is 0 Å². The zero-order valence-corrected chi connectivity index (χ0v) is 9.70. The second kappa shape index (κ2) is 4.53. The minimum atomic E-state index is -0.178. The van der Waals surface area contributed by atoms with Gasteiger partial charge in [0.2, 0.25) is 5.95 Å². The van der Waals surface area contributed by atoms with Crippen LogP contribution in [0.2, 0.25) is 0 Å². The van der Waals surface area contributed by atoms with Gasteiger partial charge in [-0.2, -0.15) is 5.10 Å². The third kappa shape index (κ3) is 3.43. The lowest BCUT2D eigenvalue weighted by molar-refractivity contribution is 0.170. The summed E-state index contributed by atoms with van der Waals surface area (Å²) in [6, 6.07) is 0. The number of nitrogens with zero attached hydrogens (tertiary/aromatic N) is 3. The Bertz CT molecular complexity index is 338. The zero-order chi connectivity index (χ0) is 11.5. The Morgan fingerprint density at radius 2 is 1.87 bits per heavy atom. The molecule has 1 aromatic rings. The molecule has 0 saturated carbocycles. The van der Waals surface area contributed by atoms with Gasteiger partial charge in [0.15, 0.2) is 0 Å². The molecule has 84 valence electrons. The summed E-state index contributed by atoms with van der Waals surface area (Å²) in [6.07, 6.45) is 0. The third-order valence-corrected chi connectivity index (χ3v) is 2.25. The number of anilines is 1. The molecule has 0 unspecified atom stereocenters. The Hall–Kier alpha value is -1.23. The highest BCUT2D eigenvalue weighted by atomic mass is 16.3. The van der Waals surface area contributed by atoms with Crippen molar-refractivity contribution in [2.75, 3.05) is 18.5 Å². The van der Waals surface area contributed by atoms with Crippen molar-refractivity contribution in [1.82, 2.24) is 15.2 Å². The van der Waals surface area contributed by atoms with Crippen LogP contribution in [-0.2, 0) is 0 Å². The summed E-state index contributed by atoms with van der Waals surface area (Å²) < 4.78 is 0. The molecule has 0 fully saturated rings. The molecule has 2 N–H and O–H groups in total. The maximum absolute atomic E-state index is 9.07. The third-order valence-electron chi connectivity index (χ3n) is 2.25. The molecule has 0 aliphatic carbocycles. The number of aliphatic hydroxyl groups excluding tert-OH is 1. The number of aryl methyl sites for hydroxylation is 2. The Morgan fingerprint density at radius 1 is 1.20 bits per heavy atom. The maximum Gasteiger partial charge on any atom is 0.242 e. The number of rotatable bonds is 4. The number of nitrogens with one attached hydrogen (secondary N) is 1. The number of hydrogen-bond donors (Lipinski definition) is 2. The summed E-state index contributed by atoms with van der Waals surface area (Å²) in [6.45, 7) is 8.44. The highest BCUT2D eigenvalue weighted by molar-refractivity contribution is 5.24. The summed E-state index contributed by atoms with van der Waals surface area (Å²) in [4.78, 5) is 4.24. The highest BCUT2D eigenvalue weighted by Gasteiger charge is 2.16. The molecule has 0 amide bonds. The predicted molar refractivity (Wildman–Crippen MR) is 58.7 cm³/mol. The number of aromatic nitrogens is 3. The van der Waals surface area contributed by atoms with Crippen molar-refractivity contribution < 1.29 is 5.11 Å². The minimum Gasteiger partial charge on any atom is -0.396 e. The monoisotopic (exact) mass is 210 g/mol. The van der Waals surface area contributed by atoms with Crippen molar-refractivity contribution in [3.8, 4) is 0 Å². The second-order valence-electron chi connectivity index (χ2n) is 4.48. The van der Waals surface area contributed by atoms with E-state index >= 15 is 0 Å². The first-order chi connectivity index (χ1) is 6.94. The Kier molecular flexibility index (Phi) is 3.57. The molecule has 0 atom stereocenters. The second-order valence-corrected chi connectivity index (χ2v) is 4.48. The van der Waals surface area contributed by atoms with Crippen molar-refractivity contribution in [1.29, 1.82) is 0 Å². The quantitative estimate of drug-likeness (QED) is 0.773. The summed E-state index contributed by atoms with van der Waals surface area (Å²) in [5.41, 5.74) is 1.53. The SMILES string of the molecule is Cc1nnc(NCC(C)(C)CO)nc1C. The summed E-state index contributed by atoms with van der Waals surface area (Å²) in [7, 11) is 0. The van der Waals surface area contributed by atoms with Gasteiger partial charge in [0.1, 0.15) is 0 Å². The van der Waals surface area contributed by atoms with Crippen LogP contribution in [0.15, 0.2) is 0 Å². The van der Waals surface area contributed by atoms with E-state index < -0.39 is 0 Å². The molecule has 15 heavy (non-hydrogen) atoms. The van der Waals surface area contributed by atoms with Crippen molar-refractivity contribution in [2.24, 2.45) is 5.41 Å². The van der Waals surface area contributed by atoms with E-state index in [1.54, 1.807) is 0 Å². The summed E-state index contributed by atoms with van der Waals surface area (Å²) in [5.74, 6) is 0.514. The van der Waals surface area contributed by atoms with E-state index in [0.717, 1.165) is 11.4 Å². The van der Waals surface area contributed by atoms with E-state index in [0.29, 0.717) is 12.5 Å². The highest BCUT2D eigenvalue weighted by Crippen LogP contribution is 2.13. The molecule has 1 heterocycles. The first-order valence-corrected chi connectivity index (χ1v) is 4.97. The van der Waals surface area contributed by atoms with Gasteiger partial charge in [-0.05, 0) is 13.8 Å². The zero-order valence-electron chi connectivity index (χ0n) is 9.70. The molecule has 1 aromatic heterocycles. The molecular formula is C10H18N4O. The molecule has 0 aliphatic heterocycles. The topological polar surface area (TPSA) is 70.9 Å². The number of hydrogen-bond acceptors (Lipinski definition) is 5. The van der Waals surface area contributed by atoms with Crippen LogP contribution in [0.5, 0.6) is 0 Å². The van der Waals surface area contributed by atoms with E-state index in [1.165, 1.54) is 0 Å². The van der Waals surface area contributed by atoms with E-state index in [1.807, 2.05) is 27.7 Å². The van der Waals surface area contributed by atoms with Crippen molar-refractivity contribution >= 4 is 5.95 Å². The van der Waals surface area contributed by atoms with E-state index in [4.69, 9.17) is 5.11 Å². The van der Waals surface area contributed by atoms with Crippen LogP contribution >= 0.6 is 0 Å². The maximum atomic E-state index is 9.07. The van der Waals surface area contributed by atoms with Gasteiger partial charge in [-0.3, -0.25) is 0 Å². The Labute approximate surface area is 90.0 Å². The lowest BCUT2D eigenvalue weighted by Gasteiger charge is -2.21. The van der Waals surface area contributed by atoms with Crippen LogP contribution in [0.3, 0.4) is 0 Å². The fraction of sp³-hybridized carbons (Fsp3) is 0.700. The standard InChI is InChI=1S/C10H18N4O/c1-7-8(2)13-14-9(12-7)11-5-10(3,4)6-15/h15H,5-6H2,1-4H3,(H,11,12,14). The molecule has 0 aliphatic rings. The van der Waals surface area contributed by atoms with Crippen LogP contribution in [0, 0.1) is 19.3 Å². The van der Waals surface area contributed by atoms with E-state index in [-0.39, 0.29) is 12.0 Å². The largest absolute Gasteiger partial charge is 0.396 e. The Balaban J connectivity index is 2.62. The summed E-state index contributed by atoms with van der Waals surface area (Å²) >= 11 is 0. The normalized spacial score (nSPS) is 11.5. The van der Waals surface area contributed by atoms with Gasteiger partial charge in [0.05, 0.1) is 11.4 Å². The fourth-order valence-corrected chi connectivity index (χ4v) is 0.906. The van der Waals surface area contributed by atoms with Crippen LogP contribution in [0.1, 0.15) is 25.2 Å². The fourth-order valence-electron chi connectivity index (χ4n) is 0.906. The summed E-state index contributed by atoms with van der Waals surface area (Å²) in [5, 5.41) is 20.0. The first kappa shape index (κ1) is 11.8. The van der Waals surface area contributed by atoms with Gasteiger partial charge in [0.25, 0.3) is 0 Å². The average Bonchev–Trinajstić information content (AvgIpc) is 2.20. The molecule has 0 bridgehead atoms. The first-order valence-electron chi connectivity index (χ1n) is 4.97. The Morgan fingerprint density at radius 3 is 2.40 bits per heavy atom. The van der Waals surface area contributed by atoms with Gasteiger partial charge in [0, 0.05) is 18.6 Å². The van der Waals surface area contributed by atoms with Crippen molar-refractivity contribution in [2.45, 2.75) is 27.7 Å².